The molecule has 0 atom stereocenters. The number of hydrogen-bond acceptors (Lipinski definition) is 1. The fraction of sp³-hybridized carbons (Fsp3) is 0.636. The van der Waals surface area contributed by atoms with Crippen LogP contribution in [0.1, 0.15) is 39.0 Å². The molecule has 0 aromatic carbocycles. The molecule has 1 rings (SSSR count). The van der Waals surface area contributed by atoms with Crippen LogP contribution in [0.3, 0.4) is 0 Å². The van der Waals surface area contributed by atoms with E-state index in [-0.39, 0.29) is 0 Å². The SMILES string of the molecule is CC1=CC=C(CCCCN)CC1. The molecular formula is C11H19N. The largest absolute Gasteiger partial charge is 0.330 e. The Morgan fingerprint density at radius 3 is 2.67 bits per heavy atom. The second-order valence-corrected chi connectivity index (χ2v) is 3.58. The van der Waals surface area contributed by atoms with Gasteiger partial charge < -0.3 is 5.73 Å². The molecule has 0 amide bonds. The van der Waals surface area contributed by atoms with E-state index in [0.717, 1.165) is 6.54 Å². The Kier molecular flexibility index (Phi) is 4.09. The molecule has 0 fully saturated rings. The molecule has 0 saturated heterocycles. The molecule has 2 N–H and O–H groups in total. The van der Waals surface area contributed by atoms with E-state index in [1.165, 1.54) is 37.7 Å². The Morgan fingerprint density at radius 1 is 1.25 bits per heavy atom. The van der Waals surface area contributed by atoms with Gasteiger partial charge in [0.25, 0.3) is 0 Å². The highest BCUT2D eigenvalue weighted by molar-refractivity contribution is 5.22. The molecule has 68 valence electrons. The van der Waals surface area contributed by atoms with Crippen molar-refractivity contribution in [2.45, 2.75) is 39.0 Å². The van der Waals surface area contributed by atoms with Gasteiger partial charge in [-0.25, -0.2) is 0 Å². The van der Waals surface area contributed by atoms with E-state index in [1.807, 2.05) is 0 Å². The maximum atomic E-state index is 5.43. The first kappa shape index (κ1) is 9.53. The fourth-order valence-corrected chi connectivity index (χ4v) is 1.49. The van der Waals surface area contributed by atoms with Crippen LogP contribution in [-0.4, -0.2) is 6.54 Å². The van der Waals surface area contributed by atoms with Crippen LogP contribution in [0.4, 0.5) is 0 Å². The Morgan fingerprint density at radius 2 is 2.08 bits per heavy atom. The smallest absolute Gasteiger partial charge is 0.00772 e. The summed E-state index contributed by atoms with van der Waals surface area (Å²) in [5, 5.41) is 0. The molecule has 0 aliphatic heterocycles. The van der Waals surface area contributed by atoms with Crippen LogP contribution in [0.2, 0.25) is 0 Å². The lowest BCUT2D eigenvalue weighted by atomic mass is 9.96. The van der Waals surface area contributed by atoms with Crippen LogP contribution in [0.25, 0.3) is 0 Å². The molecule has 0 bridgehead atoms. The minimum atomic E-state index is 0.835. The van der Waals surface area contributed by atoms with Gasteiger partial charge in [0.2, 0.25) is 0 Å². The highest BCUT2D eigenvalue weighted by atomic mass is 14.5. The van der Waals surface area contributed by atoms with Gasteiger partial charge in [-0.1, -0.05) is 23.3 Å². The van der Waals surface area contributed by atoms with Crippen molar-refractivity contribution in [3.8, 4) is 0 Å². The van der Waals surface area contributed by atoms with Gasteiger partial charge in [0.1, 0.15) is 0 Å². The molecule has 0 saturated carbocycles. The Balaban J connectivity index is 2.24. The summed E-state index contributed by atoms with van der Waals surface area (Å²) in [6.45, 7) is 3.04. The van der Waals surface area contributed by atoms with Crippen LogP contribution in [-0.2, 0) is 0 Å². The number of allylic oxidation sites excluding steroid dienone is 4. The summed E-state index contributed by atoms with van der Waals surface area (Å²) in [6, 6.07) is 0. The van der Waals surface area contributed by atoms with Crippen molar-refractivity contribution in [1.29, 1.82) is 0 Å². The van der Waals surface area contributed by atoms with Crippen molar-refractivity contribution < 1.29 is 0 Å². The molecule has 1 aliphatic rings. The maximum absolute atomic E-state index is 5.43. The first-order chi connectivity index (χ1) is 5.83. The van der Waals surface area contributed by atoms with Gasteiger partial charge in [0.15, 0.2) is 0 Å². The number of hydrogen-bond donors (Lipinski definition) is 1. The molecule has 0 aromatic heterocycles. The average molecular weight is 165 g/mol. The molecule has 0 aromatic rings. The van der Waals surface area contributed by atoms with Crippen molar-refractivity contribution in [3.05, 3.63) is 23.3 Å². The maximum Gasteiger partial charge on any atom is -0.00772 e. The van der Waals surface area contributed by atoms with Crippen LogP contribution in [0.5, 0.6) is 0 Å². The van der Waals surface area contributed by atoms with E-state index in [0.29, 0.717) is 0 Å². The van der Waals surface area contributed by atoms with Crippen LogP contribution in [0, 0.1) is 0 Å². The number of rotatable bonds is 4. The van der Waals surface area contributed by atoms with Crippen LogP contribution in [0.15, 0.2) is 23.3 Å². The quantitative estimate of drug-likeness (QED) is 0.637. The zero-order valence-electron chi connectivity index (χ0n) is 7.97. The number of nitrogens with two attached hydrogens (primary N) is 1. The third-order valence-corrected chi connectivity index (χ3v) is 2.40. The standard InChI is InChI=1S/C11H19N/c1-10-5-7-11(8-6-10)4-2-3-9-12/h5,7H,2-4,6,8-9,12H2,1H3. The topological polar surface area (TPSA) is 26.0 Å². The van der Waals surface area contributed by atoms with Gasteiger partial charge in [0, 0.05) is 0 Å². The Labute approximate surface area is 75.3 Å². The molecule has 0 spiro atoms. The molecule has 0 heterocycles. The van der Waals surface area contributed by atoms with Crippen molar-refractivity contribution in [2.24, 2.45) is 5.73 Å². The second kappa shape index (κ2) is 5.15. The van der Waals surface area contributed by atoms with Crippen molar-refractivity contribution >= 4 is 0 Å². The molecule has 1 nitrogen and oxygen atoms in total. The predicted molar refractivity (Wildman–Crippen MR) is 54.0 cm³/mol. The summed E-state index contributed by atoms with van der Waals surface area (Å²) in [5.41, 5.74) is 8.55. The van der Waals surface area contributed by atoms with Gasteiger partial charge in [-0.2, -0.15) is 0 Å². The molecular weight excluding hydrogens is 146 g/mol. The van der Waals surface area contributed by atoms with E-state index in [1.54, 1.807) is 5.57 Å². The van der Waals surface area contributed by atoms with Crippen LogP contribution < -0.4 is 5.73 Å². The minimum Gasteiger partial charge on any atom is -0.330 e. The van der Waals surface area contributed by atoms with Crippen molar-refractivity contribution in [2.75, 3.05) is 6.54 Å². The molecule has 0 radical (unpaired) electrons. The van der Waals surface area contributed by atoms with E-state index in [4.69, 9.17) is 5.73 Å². The minimum absolute atomic E-state index is 0.835. The van der Waals surface area contributed by atoms with Gasteiger partial charge in [-0.3, -0.25) is 0 Å². The normalized spacial score (nSPS) is 17.2. The van der Waals surface area contributed by atoms with Crippen molar-refractivity contribution in [3.63, 3.8) is 0 Å². The Hall–Kier alpha value is -0.560. The summed E-state index contributed by atoms with van der Waals surface area (Å²) in [7, 11) is 0. The Bertz CT molecular complexity index is 189. The second-order valence-electron chi connectivity index (χ2n) is 3.58. The lowest BCUT2D eigenvalue weighted by Gasteiger charge is -2.11. The van der Waals surface area contributed by atoms with E-state index in [9.17, 15) is 0 Å². The van der Waals surface area contributed by atoms with Gasteiger partial charge in [-0.05, 0) is 45.6 Å². The summed E-state index contributed by atoms with van der Waals surface area (Å²) in [6.07, 6.45) is 10.7. The predicted octanol–water partition coefficient (Wildman–Crippen LogP) is 2.78. The molecule has 0 unspecified atom stereocenters. The third kappa shape index (κ3) is 3.22. The lowest BCUT2D eigenvalue weighted by Crippen LogP contribution is -1.99. The average Bonchev–Trinajstić information content (AvgIpc) is 2.09. The zero-order valence-corrected chi connectivity index (χ0v) is 7.97. The molecule has 1 heteroatoms. The van der Waals surface area contributed by atoms with Gasteiger partial charge >= 0.3 is 0 Å². The highest BCUT2D eigenvalue weighted by Crippen LogP contribution is 2.21. The third-order valence-electron chi connectivity index (χ3n) is 2.40. The van der Waals surface area contributed by atoms with E-state index in [2.05, 4.69) is 19.1 Å². The summed E-state index contributed by atoms with van der Waals surface area (Å²) < 4.78 is 0. The zero-order chi connectivity index (χ0) is 8.81. The van der Waals surface area contributed by atoms with Crippen LogP contribution >= 0.6 is 0 Å². The van der Waals surface area contributed by atoms with E-state index < -0.39 is 0 Å². The first-order valence-electron chi connectivity index (χ1n) is 4.88. The highest BCUT2D eigenvalue weighted by Gasteiger charge is 2.02. The first-order valence-corrected chi connectivity index (χ1v) is 4.88. The molecule has 12 heavy (non-hydrogen) atoms. The lowest BCUT2D eigenvalue weighted by molar-refractivity contribution is 0.711. The monoisotopic (exact) mass is 165 g/mol. The van der Waals surface area contributed by atoms with Gasteiger partial charge in [-0.15, -0.1) is 0 Å². The van der Waals surface area contributed by atoms with Crippen molar-refractivity contribution in [1.82, 2.24) is 0 Å². The summed E-state index contributed by atoms with van der Waals surface area (Å²) in [4.78, 5) is 0. The summed E-state index contributed by atoms with van der Waals surface area (Å²) in [5.74, 6) is 0. The number of unbranched alkanes of at least 4 members (excludes halogenated alkanes) is 1. The fourth-order valence-electron chi connectivity index (χ4n) is 1.49. The summed E-state index contributed by atoms with van der Waals surface area (Å²) >= 11 is 0. The van der Waals surface area contributed by atoms with Gasteiger partial charge in [0.05, 0.1) is 0 Å². The van der Waals surface area contributed by atoms with E-state index >= 15 is 0 Å². The molecule has 1 aliphatic carbocycles.